The highest BCUT2D eigenvalue weighted by Gasteiger charge is 2.34. The third-order valence-electron chi connectivity index (χ3n) is 4.28. The second kappa shape index (κ2) is 7.04. The van der Waals surface area contributed by atoms with Gasteiger partial charge in [-0.05, 0) is 36.4 Å². The van der Waals surface area contributed by atoms with E-state index in [0.717, 1.165) is 34.9 Å². The van der Waals surface area contributed by atoms with Gasteiger partial charge >= 0.3 is 12.4 Å². The summed E-state index contributed by atoms with van der Waals surface area (Å²) in [6.07, 6.45) is -9.64. The van der Waals surface area contributed by atoms with Gasteiger partial charge in [0.15, 0.2) is 0 Å². The minimum Gasteiger partial charge on any atom is -0.311 e. The minimum absolute atomic E-state index is 0.159. The summed E-state index contributed by atoms with van der Waals surface area (Å²) in [6, 6.07) is 6.39. The Morgan fingerprint density at radius 3 is 2.17 bits per heavy atom. The fraction of sp³-hybridized carbons (Fsp3) is 0.167. The molecule has 0 aliphatic heterocycles. The van der Waals surface area contributed by atoms with E-state index in [1.807, 2.05) is 4.72 Å². The van der Waals surface area contributed by atoms with Crippen molar-refractivity contribution in [2.24, 2.45) is 7.05 Å². The van der Waals surface area contributed by atoms with E-state index in [4.69, 9.17) is 0 Å². The molecule has 0 spiro atoms. The minimum atomic E-state index is -4.93. The molecule has 0 aliphatic rings. The van der Waals surface area contributed by atoms with Crippen molar-refractivity contribution in [1.29, 1.82) is 0 Å². The molecule has 30 heavy (non-hydrogen) atoms. The number of aryl methyl sites for hydroxylation is 1. The summed E-state index contributed by atoms with van der Waals surface area (Å²) < 4.78 is 106. The van der Waals surface area contributed by atoms with Crippen LogP contribution in [-0.4, -0.2) is 13.0 Å². The second-order valence-electron chi connectivity index (χ2n) is 6.32. The van der Waals surface area contributed by atoms with Gasteiger partial charge in [0.25, 0.3) is 15.6 Å². The first-order valence-corrected chi connectivity index (χ1v) is 9.59. The summed E-state index contributed by atoms with van der Waals surface area (Å²) in [7, 11) is -3.30. The second-order valence-corrected chi connectivity index (χ2v) is 8.00. The summed E-state index contributed by atoms with van der Waals surface area (Å²) in [5.74, 6) is 0. The van der Waals surface area contributed by atoms with Gasteiger partial charge in [-0.25, -0.2) is 8.42 Å². The van der Waals surface area contributed by atoms with Crippen molar-refractivity contribution >= 4 is 26.6 Å². The van der Waals surface area contributed by atoms with Gasteiger partial charge in [0, 0.05) is 24.2 Å². The number of alkyl halides is 6. The third-order valence-corrected chi connectivity index (χ3v) is 5.65. The van der Waals surface area contributed by atoms with Gasteiger partial charge in [0.1, 0.15) is 0 Å². The molecule has 3 rings (SSSR count). The quantitative estimate of drug-likeness (QED) is 0.603. The van der Waals surface area contributed by atoms with Crippen molar-refractivity contribution in [2.45, 2.75) is 17.2 Å². The van der Waals surface area contributed by atoms with Crippen LogP contribution in [0.2, 0.25) is 0 Å². The van der Waals surface area contributed by atoms with Gasteiger partial charge in [0.2, 0.25) is 0 Å². The Bertz CT molecular complexity index is 1290. The number of nitrogens with zero attached hydrogens (tertiary/aromatic N) is 1. The SMILES string of the molecule is Cn1c(=O)cc(C(F)(F)F)c2cc(S(=O)(=O)Nc3cccc(C(F)(F)F)c3)ccc21. The Labute approximate surface area is 165 Å². The molecule has 5 nitrogen and oxygen atoms in total. The fourth-order valence-electron chi connectivity index (χ4n) is 2.81. The number of nitrogens with one attached hydrogen (secondary N) is 1. The molecule has 160 valence electrons. The van der Waals surface area contributed by atoms with Crippen LogP contribution in [0.3, 0.4) is 0 Å². The lowest BCUT2D eigenvalue weighted by Gasteiger charge is -2.15. The molecule has 3 aromatic rings. The highest BCUT2D eigenvalue weighted by molar-refractivity contribution is 7.92. The molecule has 0 aliphatic carbocycles. The number of rotatable bonds is 3. The lowest BCUT2D eigenvalue weighted by molar-refractivity contribution is -0.138. The van der Waals surface area contributed by atoms with Gasteiger partial charge < -0.3 is 4.57 Å². The van der Waals surface area contributed by atoms with Crippen molar-refractivity contribution in [1.82, 2.24) is 4.57 Å². The maximum absolute atomic E-state index is 13.3. The average molecular weight is 450 g/mol. The Kier molecular flexibility index (Phi) is 5.09. The maximum atomic E-state index is 13.3. The van der Waals surface area contributed by atoms with E-state index in [1.54, 1.807) is 0 Å². The molecule has 1 heterocycles. The average Bonchev–Trinajstić information content (AvgIpc) is 2.62. The molecule has 0 radical (unpaired) electrons. The van der Waals surface area contributed by atoms with Gasteiger partial charge in [-0.1, -0.05) is 6.07 Å². The highest BCUT2D eigenvalue weighted by Crippen LogP contribution is 2.35. The van der Waals surface area contributed by atoms with Crippen molar-refractivity contribution in [3.05, 3.63) is 70.0 Å². The Hall–Kier alpha value is -3.02. The van der Waals surface area contributed by atoms with Gasteiger partial charge in [-0.2, -0.15) is 26.3 Å². The zero-order valence-corrected chi connectivity index (χ0v) is 15.8. The molecule has 0 amide bonds. The molecule has 0 bridgehead atoms. The predicted octanol–water partition coefficient (Wildman–Crippen LogP) is 4.38. The normalized spacial score (nSPS) is 12.9. The number of hydrogen-bond acceptors (Lipinski definition) is 3. The lowest BCUT2D eigenvalue weighted by atomic mass is 10.1. The van der Waals surface area contributed by atoms with Crippen LogP contribution in [0.4, 0.5) is 32.0 Å². The predicted molar refractivity (Wildman–Crippen MR) is 96.4 cm³/mol. The molecule has 0 saturated carbocycles. The van der Waals surface area contributed by atoms with Gasteiger partial charge in [-0.15, -0.1) is 0 Å². The molecular formula is C18H12F6N2O3S. The van der Waals surface area contributed by atoms with E-state index in [-0.39, 0.29) is 5.52 Å². The van der Waals surface area contributed by atoms with E-state index in [1.165, 1.54) is 7.05 Å². The number of pyridine rings is 1. The van der Waals surface area contributed by atoms with Crippen molar-refractivity contribution in [3.8, 4) is 0 Å². The third kappa shape index (κ3) is 4.13. The lowest BCUT2D eigenvalue weighted by Crippen LogP contribution is -2.21. The van der Waals surface area contributed by atoms with Crippen LogP contribution in [0.1, 0.15) is 11.1 Å². The Balaban J connectivity index is 2.12. The number of sulfonamides is 1. The number of fused-ring (bicyclic) bond motifs is 1. The first kappa shape index (κ1) is 21.7. The number of aromatic nitrogens is 1. The molecule has 0 atom stereocenters. The molecule has 0 saturated heterocycles. The molecule has 1 N–H and O–H groups in total. The fourth-order valence-corrected chi connectivity index (χ4v) is 3.89. The molecular weight excluding hydrogens is 438 g/mol. The van der Waals surface area contributed by atoms with Crippen LogP contribution in [-0.2, 0) is 29.4 Å². The van der Waals surface area contributed by atoms with E-state index in [9.17, 15) is 39.6 Å². The molecule has 1 aromatic heterocycles. The molecule has 12 heteroatoms. The van der Waals surface area contributed by atoms with Gasteiger partial charge in [-0.3, -0.25) is 9.52 Å². The van der Waals surface area contributed by atoms with Crippen LogP contribution in [0.15, 0.2) is 58.2 Å². The summed E-state index contributed by atoms with van der Waals surface area (Å²) in [5.41, 5.74) is -3.94. The summed E-state index contributed by atoms with van der Waals surface area (Å²) >= 11 is 0. The number of halogens is 6. The van der Waals surface area contributed by atoms with E-state index < -0.39 is 55.0 Å². The first-order chi connectivity index (χ1) is 13.7. The van der Waals surface area contributed by atoms with Crippen molar-refractivity contribution < 1.29 is 34.8 Å². The monoisotopic (exact) mass is 450 g/mol. The molecule has 0 fully saturated rings. The zero-order chi connectivity index (χ0) is 22.5. The largest absolute Gasteiger partial charge is 0.417 e. The van der Waals surface area contributed by atoms with Crippen LogP contribution < -0.4 is 10.3 Å². The van der Waals surface area contributed by atoms with E-state index >= 15 is 0 Å². The van der Waals surface area contributed by atoms with Crippen LogP contribution in [0.5, 0.6) is 0 Å². The van der Waals surface area contributed by atoms with Gasteiger partial charge in [0.05, 0.1) is 21.5 Å². The Morgan fingerprint density at radius 1 is 0.900 bits per heavy atom. The number of hydrogen-bond donors (Lipinski definition) is 1. The van der Waals surface area contributed by atoms with Crippen LogP contribution >= 0.6 is 0 Å². The first-order valence-electron chi connectivity index (χ1n) is 8.11. The van der Waals surface area contributed by atoms with Crippen molar-refractivity contribution in [3.63, 3.8) is 0 Å². The Morgan fingerprint density at radius 2 is 1.57 bits per heavy atom. The number of benzene rings is 2. The topological polar surface area (TPSA) is 68.2 Å². The summed E-state index contributed by atoms with van der Waals surface area (Å²) in [4.78, 5) is 11.2. The molecule has 0 unspecified atom stereocenters. The smallest absolute Gasteiger partial charge is 0.311 e. The van der Waals surface area contributed by atoms with Crippen LogP contribution in [0, 0.1) is 0 Å². The van der Waals surface area contributed by atoms with Crippen molar-refractivity contribution in [2.75, 3.05) is 4.72 Å². The molecule has 2 aromatic carbocycles. The zero-order valence-electron chi connectivity index (χ0n) is 15.0. The summed E-state index contributed by atoms with van der Waals surface area (Å²) in [5, 5.41) is -0.545. The van der Waals surface area contributed by atoms with Crippen LogP contribution in [0.25, 0.3) is 10.9 Å². The summed E-state index contributed by atoms with van der Waals surface area (Å²) in [6.45, 7) is 0. The number of anilines is 1. The van der Waals surface area contributed by atoms with E-state index in [2.05, 4.69) is 0 Å². The standard InChI is InChI=1S/C18H12F6N2O3S/c1-26-15-6-5-12(8-13(15)14(9-16(26)27)18(22,23)24)30(28,29)25-11-4-2-3-10(7-11)17(19,20)21/h2-9,25H,1H3. The van der Waals surface area contributed by atoms with E-state index in [0.29, 0.717) is 18.2 Å². The highest BCUT2D eigenvalue weighted by atomic mass is 32.2. The maximum Gasteiger partial charge on any atom is 0.417 e.